The van der Waals surface area contributed by atoms with Crippen molar-refractivity contribution in [2.75, 3.05) is 0 Å². The fourth-order valence-electron chi connectivity index (χ4n) is 2.08. The Morgan fingerprint density at radius 1 is 1.22 bits per heavy atom. The predicted octanol–water partition coefficient (Wildman–Crippen LogP) is 2.60. The van der Waals surface area contributed by atoms with Gasteiger partial charge in [0.25, 0.3) is 5.69 Å². The van der Waals surface area contributed by atoms with E-state index in [1.54, 1.807) is 24.4 Å². The van der Waals surface area contributed by atoms with Crippen molar-refractivity contribution in [3.05, 3.63) is 74.3 Å². The summed E-state index contributed by atoms with van der Waals surface area (Å²) in [5.74, 6) is 0.527. The SMILES string of the molecule is Cc1cccn2c(=O)nc(SCc3ccc([N+](=O)[O-])cc3)nc12. The monoisotopic (exact) mass is 328 g/mol. The molecule has 0 spiro atoms. The smallest absolute Gasteiger partial charge is 0.258 e. The summed E-state index contributed by atoms with van der Waals surface area (Å²) in [6.07, 6.45) is 1.63. The fraction of sp³-hybridized carbons (Fsp3) is 0.133. The minimum atomic E-state index is -0.437. The van der Waals surface area contributed by atoms with Crippen LogP contribution in [0.15, 0.2) is 52.5 Å². The number of nitro benzene ring substituents is 1. The maximum absolute atomic E-state index is 12.0. The third-order valence-electron chi connectivity index (χ3n) is 3.28. The first-order valence-electron chi connectivity index (χ1n) is 6.77. The minimum Gasteiger partial charge on any atom is -0.258 e. The predicted molar refractivity (Wildman–Crippen MR) is 86.7 cm³/mol. The van der Waals surface area contributed by atoms with E-state index >= 15 is 0 Å². The maximum atomic E-state index is 12.0. The van der Waals surface area contributed by atoms with E-state index < -0.39 is 4.92 Å². The number of hydrogen-bond donors (Lipinski definition) is 0. The number of non-ortho nitro benzene ring substituents is 1. The van der Waals surface area contributed by atoms with Gasteiger partial charge in [-0.15, -0.1) is 0 Å². The number of pyridine rings is 1. The summed E-state index contributed by atoms with van der Waals surface area (Å²) in [5.41, 5.74) is 2.05. The van der Waals surface area contributed by atoms with Gasteiger partial charge in [0.15, 0.2) is 5.16 Å². The Bertz CT molecular complexity index is 938. The second-order valence-electron chi connectivity index (χ2n) is 4.89. The summed E-state index contributed by atoms with van der Waals surface area (Å²) in [4.78, 5) is 30.6. The van der Waals surface area contributed by atoms with Gasteiger partial charge >= 0.3 is 5.69 Å². The lowest BCUT2D eigenvalue weighted by molar-refractivity contribution is -0.384. The number of hydrogen-bond acceptors (Lipinski definition) is 6. The molecule has 8 heteroatoms. The van der Waals surface area contributed by atoms with Crippen molar-refractivity contribution in [2.45, 2.75) is 17.8 Å². The van der Waals surface area contributed by atoms with E-state index in [9.17, 15) is 14.9 Å². The highest BCUT2D eigenvalue weighted by atomic mass is 32.2. The number of benzene rings is 1. The van der Waals surface area contributed by atoms with E-state index in [0.29, 0.717) is 16.6 Å². The second-order valence-corrected chi connectivity index (χ2v) is 5.83. The number of fused-ring (bicyclic) bond motifs is 1. The van der Waals surface area contributed by atoms with Crippen molar-refractivity contribution < 1.29 is 4.92 Å². The van der Waals surface area contributed by atoms with Crippen LogP contribution < -0.4 is 5.69 Å². The first kappa shape index (κ1) is 15.2. The third kappa shape index (κ3) is 3.21. The molecule has 0 aliphatic heterocycles. The number of thioether (sulfide) groups is 1. The molecular formula is C15H12N4O3S. The van der Waals surface area contributed by atoms with Gasteiger partial charge in [0.2, 0.25) is 0 Å². The summed E-state index contributed by atoms with van der Waals surface area (Å²) in [7, 11) is 0. The van der Waals surface area contributed by atoms with E-state index in [1.807, 2.05) is 13.0 Å². The molecule has 0 N–H and O–H groups in total. The van der Waals surface area contributed by atoms with Crippen LogP contribution >= 0.6 is 11.8 Å². The first-order chi connectivity index (χ1) is 11.0. The molecule has 0 saturated carbocycles. The molecule has 1 aromatic carbocycles. The Morgan fingerprint density at radius 2 is 1.96 bits per heavy atom. The average Bonchev–Trinajstić information content (AvgIpc) is 2.54. The van der Waals surface area contributed by atoms with Crippen LogP contribution in [0, 0.1) is 17.0 Å². The van der Waals surface area contributed by atoms with E-state index in [4.69, 9.17) is 0 Å². The highest BCUT2D eigenvalue weighted by Gasteiger charge is 2.08. The summed E-state index contributed by atoms with van der Waals surface area (Å²) >= 11 is 1.32. The number of aryl methyl sites for hydroxylation is 1. The average molecular weight is 328 g/mol. The Balaban J connectivity index is 1.83. The Hall–Kier alpha value is -2.74. The lowest BCUT2D eigenvalue weighted by Gasteiger charge is -2.05. The molecule has 0 unspecified atom stereocenters. The molecule has 0 saturated heterocycles. The molecule has 0 atom stereocenters. The van der Waals surface area contributed by atoms with Gasteiger partial charge < -0.3 is 0 Å². The molecule has 23 heavy (non-hydrogen) atoms. The van der Waals surface area contributed by atoms with Gasteiger partial charge in [-0.05, 0) is 24.1 Å². The van der Waals surface area contributed by atoms with Crippen LogP contribution in [-0.2, 0) is 5.75 Å². The fourth-order valence-corrected chi connectivity index (χ4v) is 2.86. The second kappa shape index (κ2) is 6.17. The Morgan fingerprint density at radius 3 is 2.65 bits per heavy atom. The highest BCUT2D eigenvalue weighted by Crippen LogP contribution is 2.21. The van der Waals surface area contributed by atoms with Crippen molar-refractivity contribution >= 4 is 23.1 Å². The summed E-state index contributed by atoms with van der Waals surface area (Å²) in [6, 6.07) is 9.93. The van der Waals surface area contributed by atoms with Crippen LogP contribution in [0.25, 0.3) is 5.65 Å². The van der Waals surface area contributed by atoms with Gasteiger partial charge in [0, 0.05) is 24.1 Å². The zero-order valence-electron chi connectivity index (χ0n) is 12.2. The van der Waals surface area contributed by atoms with Crippen LogP contribution in [0.5, 0.6) is 0 Å². The van der Waals surface area contributed by atoms with Crippen molar-refractivity contribution in [1.29, 1.82) is 0 Å². The zero-order chi connectivity index (χ0) is 16.4. The van der Waals surface area contributed by atoms with Gasteiger partial charge in [-0.1, -0.05) is 30.0 Å². The third-order valence-corrected chi connectivity index (χ3v) is 4.19. The van der Waals surface area contributed by atoms with Gasteiger partial charge in [-0.25, -0.2) is 9.78 Å². The van der Waals surface area contributed by atoms with Gasteiger partial charge in [0.1, 0.15) is 5.65 Å². The van der Waals surface area contributed by atoms with E-state index in [2.05, 4.69) is 9.97 Å². The van der Waals surface area contributed by atoms with Crippen LogP contribution in [0.3, 0.4) is 0 Å². The largest absolute Gasteiger partial charge is 0.355 e. The molecular weight excluding hydrogens is 316 g/mol. The molecule has 0 bridgehead atoms. The summed E-state index contributed by atoms with van der Waals surface area (Å²) < 4.78 is 1.41. The zero-order valence-corrected chi connectivity index (χ0v) is 13.0. The molecule has 0 aliphatic rings. The molecule has 3 aromatic rings. The molecule has 0 amide bonds. The van der Waals surface area contributed by atoms with Crippen molar-refractivity contribution in [2.24, 2.45) is 0 Å². The molecule has 3 rings (SSSR count). The van der Waals surface area contributed by atoms with Crippen LogP contribution in [0.2, 0.25) is 0 Å². The Kier molecular flexibility index (Phi) is 4.07. The summed E-state index contributed by atoms with van der Waals surface area (Å²) in [6.45, 7) is 1.88. The molecule has 2 aromatic heterocycles. The molecule has 0 fully saturated rings. The number of rotatable bonds is 4. The van der Waals surface area contributed by atoms with Crippen molar-refractivity contribution in [1.82, 2.24) is 14.4 Å². The summed E-state index contributed by atoms with van der Waals surface area (Å²) in [5, 5.41) is 11.0. The van der Waals surface area contributed by atoms with Gasteiger partial charge in [0.05, 0.1) is 4.92 Å². The van der Waals surface area contributed by atoms with E-state index in [0.717, 1.165) is 11.1 Å². The molecule has 2 heterocycles. The molecule has 0 aliphatic carbocycles. The number of aromatic nitrogens is 3. The quantitative estimate of drug-likeness (QED) is 0.415. The van der Waals surface area contributed by atoms with Crippen molar-refractivity contribution in [3.8, 4) is 0 Å². The highest BCUT2D eigenvalue weighted by molar-refractivity contribution is 7.98. The molecule has 116 valence electrons. The first-order valence-corrected chi connectivity index (χ1v) is 7.75. The molecule has 7 nitrogen and oxygen atoms in total. The molecule has 0 radical (unpaired) electrons. The number of nitro groups is 1. The van der Waals surface area contributed by atoms with Gasteiger partial charge in [-0.2, -0.15) is 4.98 Å². The standard InChI is InChI=1S/C15H12N4O3S/c1-10-3-2-8-18-13(10)16-14(17-15(18)20)23-9-11-4-6-12(7-5-11)19(21)22/h2-8H,9H2,1H3. The minimum absolute atomic E-state index is 0.0505. The Labute approximate surface area is 135 Å². The van der Waals surface area contributed by atoms with Crippen LogP contribution in [0.4, 0.5) is 5.69 Å². The normalized spacial score (nSPS) is 10.8. The van der Waals surface area contributed by atoms with E-state index in [-0.39, 0.29) is 11.4 Å². The van der Waals surface area contributed by atoms with Crippen molar-refractivity contribution in [3.63, 3.8) is 0 Å². The van der Waals surface area contributed by atoms with Crippen LogP contribution in [-0.4, -0.2) is 19.3 Å². The lowest BCUT2D eigenvalue weighted by atomic mass is 10.2. The maximum Gasteiger partial charge on any atom is 0.355 e. The lowest BCUT2D eigenvalue weighted by Crippen LogP contribution is -2.19. The van der Waals surface area contributed by atoms with Gasteiger partial charge in [-0.3, -0.25) is 14.5 Å². The topological polar surface area (TPSA) is 90.4 Å². The number of nitrogens with zero attached hydrogens (tertiary/aromatic N) is 4. The van der Waals surface area contributed by atoms with E-state index in [1.165, 1.54) is 28.3 Å². The van der Waals surface area contributed by atoms with Crippen LogP contribution in [0.1, 0.15) is 11.1 Å².